The van der Waals surface area contributed by atoms with Crippen LogP contribution in [-0.2, 0) is 13.0 Å². The summed E-state index contributed by atoms with van der Waals surface area (Å²) in [6.07, 6.45) is 2.18. The zero-order valence-corrected chi connectivity index (χ0v) is 18.3. The molecule has 3 rings (SSSR count). The van der Waals surface area contributed by atoms with Crippen LogP contribution in [0.2, 0.25) is 0 Å². The average molecular weight is 467 g/mol. The average Bonchev–Trinajstić information content (AvgIpc) is 2.89. The summed E-state index contributed by atoms with van der Waals surface area (Å²) in [5, 5.41) is 11.3. The highest BCUT2D eigenvalue weighted by Gasteiger charge is 2.24. The van der Waals surface area contributed by atoms with Crippen molar-refractivity contribution in [2.75, 3.05) is 19.6 Å². The molecule has 0 aliphatic heterocycles. The van der Waals surface area contributed by atoms with Gasteiger partial charge in [-0.3, -0.25) is 9.67 Å². The topological polar surface area (TPSA) is 54.2 Å². The van der Waals surface area contributed by atoms with Crippen LogP contribution in [0.5, 0.6) is 0 Å². The van der Waals surface area contributed by atoms with Crippen molar-refractivity contribution in [1.82, 2.24) is 20.4 Å². The summed E-state index contributed by atoms with van der Waals surface area (Å²) in [5.74, 6) is 1.49. The van der Waals surface area contributed by atoms with E-state index in [1.165, 1.54) is 16.8 Å². The molecule has 0 bridgehead atoms. The monoisotopic (exact) mass is 467 g/mol. The first kappa shape index (κ1) is 20.7. The lowest BCUT2D eigenvalue weighted by molar-refractivity contribution is 0.554. The highest BCUT2D eigenvalue weighted by atomic mass is 127. The lowest BCUT2D eigenvalue weighted by Crippen LogP contribution is -2.38. The number of hydrogen-bond donors (Lipinski definition) is 2. The Labute approximate surface area is 173 Å². The highest BCUT2D eigenvalue weighted by molar-refractivity contribution is 14.0. The second-order valence-electron chi connectivity index (χ2n) is 6.75. The standard InChI is InChI=1S/C20H29N5.HI/c1-4-21-20(22-10-7-11-25-16(3)12-15(2)24-25)23-14-18-13-17-8-5-6-9-19(17)18;/h5-6,8-9,12,18H,4,7,10-11,13-14H2,1-3H3,(H2,21,22,23);1H. The Morgan fingerprint density at radius 1 is 1.27 bits per heavy atom. The molecule has 1 aliphatic rings. The number of fused-ring (bicyclic) bond motifs is 1. The second kappa shape index (κ2) is 9.94. The molecule has 1 aromatic carbocycles. The lowest BCUT2D eigenvalue weighted by Gasteiger charge is -2.28. The normalized spacial score (nSPS) is 15.7. The van der Waals surface area contributed by atoms with Crippen molar-refractivity contribution in [3.05, 3.63) is 52.8 Å². The Hall–Kier alpha value is -1.57. The number of aryl methyl sites for hydroxylation is 3. The Balaban J connectivity index is 0.00000243. The fraction of sp³-hybridized carbons (Fsp3) is 0.500. The van der Waals surface area contributed by atoms with Crippen molar-refractivity contribution >= 4 is 29.9 Å². The molecule has 1 unspecified atom stereocenters. The number of hydrogen-bond acceptors (Lipinski definition) is 2. The molecular formula is C20H30IN5. The molecule has 0 spiro atoms. The number of nitrogens with zero attached hydrogens (tertiary/aromatic N) is 3. The zero-order valence-electron chi connectivity index (χ0n) is 16.0. The van der Waals surface area contributed by atoms with Gasteiger partial charge in [-0.25, -0.2) is 0 Å². The van der Waals surface area contributed by atoms with Crippen LogP contribution < -0.4 is 10.6 Å². The summed E-state index contributed by atoms with van der Waals surface area (Å²) >= 11 is 0. The van der Waals surface area contributed by atoms with Gasteiger partial charge < -0.3 is 10.6 Å². The number of rotatable bonds is 7. The van der Waals surface area contributed by atoms with Crippen LogP contribution in [0.25, 0.3) is 0 Å². The van der Waals surface area contributed by atoms with Crippen molar-refractivity contribution in [2.24, 2.45) is 4.99 Å². The van der Waals surface area contributed by atoms with E-state index >= 15 is 0 Å². The van der Waals surface area contributed by atoms with Crippen LogP contribution in [0.1, 0.15) is 41.8 Å². The van der Waals surface area contributed by atoms with Gasteiger partial charge in [0.25, 0.3) is 0 Å². The lowest BCUT2D eigenvalue weighted by atomic mass is 9.78. The first-order chi connectivity index (χ1) is 12.2. The van der Waals surface area contributed by atoms with Gasteiger partial charge in [0.1, 0.15) is 0 Å². The largest absolute Gasteiger partial charge is 0.357 e. The molecule has 0 radical (unpaired) electrons. The van der Waals surface area contributed by atoms with Crippen LogP contribution >= 0.6 is 24.0 Å². The SMILES string of the molecule is CCNC(=NCC1Cc2ccccc21)NCCCn1nc(C)cc1C.I. The molecule has 0 saturated heterocycles. The van der Waals surface area contributed by atoms with Crippen molar-refractivity contribution in [1.29, 1.82) is 0 Å². The fourth-order valence-corrected chi connectivity index (χ4v) is 3.41. The van der Waals surface area contributed by atoms with E-state index < -0.39 is 0 Å². The molecule has 2 N–H and O–H groups in total. The molecule has 0 fully saturated rings. The van der Waals surface area contributed by atoms with E-state index in [0.29, 0.717) is 5.92 Å². The summed E-state index contributed by atoms with van der Waals surface area (Å²) in [5.41, 5.74) is 5.25. The van der Waals surface area contributed by atoms with Crippen molar-refractivity contribution in [2.45, 2.75) is 46.1 Å². The van der Waals surface area contributed by atoms with E-state index in [9.17, 15) is 0 Å². The maximum absolute atomic E-state index is 4.77. The van der Waals surface area contributed by atoms with Gasteiger partial charge in [0.2, 0.25) is 0 Å². The molecule has 26 heavy (non-hydrogen) atoms. The smallest absolute Gasteiger partial charge is 0.191 e. The fourth-order valence-electron chi connectivity index (χ4n) is 3.41. The van der Waals surface area contributed by atoms with E-state index in [0.717, 1.165) is 50.7 Å². The maximum atomic E-state index is 4.77. The molecule has 1 aromatic heterocycles. The molecule has 0 amide bonds. The first-order valence-electron chi connectivity index (χ1n) is 9.28. The van der Waals surface area contributed by atoms with Crippen molar-refractivity contribution in [3.63, 3.8) is 0 Å². The summed E-state index contributed by atoms with van der Waals surface area (Å²) in [4.78, 5) is 4.77. The third-order valence-electron chi connectivity index (χ3n) is 4.72. The minimum atomic E-state index is 0. The number of benzene rings is 1. The third kappa shape index (κ3) is 5.22. The zero-order chi connectivity index (χ0) is 17.6. The minimum absolute atomic E-state index is 0. The second-order valence-corrected chi connectivity index (χ2v) is 6.75. The number of nitrogens with one attached hydrogen (secondary N) is 2. The van der Waals surface area contributed by atoms with Gasteiger partial charge >= 0.3 is 0 Å². The summed E-state index contributed by atoms with van der Waals surface area (Å²) in [7, 11) is 0. The van der Waals surface area contributed by atoms with E-state index in [2.05, 4.69) is 64.6 Å². The summed E-state index contributed by atoms with van der Waals surface area (Å²) < 4.78 is 2.08. The van der Waals surface area contributed by atoms with Gasteiger partial charge in [-0.05, 0) is 50.8 Å². The maximum Gasteiger partial charge on any atom is 0.191 e. The Kier molecular flexibility index (Phi) is 7.93. The van der Waals surface area contributed by atoms with Crippen molar-refractivity contribution < 1.29 is 0 Å². The number of guanidine groups is 1. The summed E-state index contributed by atoms with van der Waals surface area (Å²) in [6, 6.07) is 10.8. The molecule has 142 valence electrons. The molecule has 5 nitrogen and oxygen atoms in total. The predicted octanol–water partition coefficient (Wildman–Crippen LogP) is 3.40. The van der Waals surface area contributed by atoms with E-state index in [-0.39, 0.29) is 24.0 Å². The van der Waals surface area contributed by atoms with Crippen LogP contribution in [0, 0.1) is 13.8 Å². The van der Waals surface area contributed by atoms with Gasteiger partial charge in [-0.1, -0.05) is 24.3 Å². The number of aromatic nitrogens is 2. The van der Waals surface area contributed by atoms with Gasteiger partial charge in [0.15, 0.2) is 5.96 Å². The van der Waals surface area contributed by atoms with Gasteiger partial charge in [0.05, 0.1) is 5.69 Å². The van der Waals surface area contributed by atoms with E-state index in [1.54, 1.807) is 0 Å². The molecular weight excluding hydrogens is 437 g/mol. The third-order valence-corrected chi connectivity index (χ3v) is 4.72. The number of aliphatic imine (C=N–C) groups is 1. The van der Waals surface area contributed by atoms with Gasteiger partial charge in [-0.15, -0.1) is 24.0 Å². The van der Waals surface area contributed by atoms with E-state index in [4.69, 9.17) is 4.99 Å². The van der Waals surface area contributed by atoms with Crippen molar-refractivity contribution in [3.8, 4) is 0 Å². The predicted molar refractivity (Wildman–Crippen MR) is 119 cm³/mol. The minimum Gasteiger partial charge on any atom is -0.357 e. The van der Waals surface area contributed by atoms with Gasteiger partial charge in [0, 0.05) is 37.8 Å². The van der Waals surface area contributed by atoms with E-state index in [1.807, 2.05) is 6.92 Å². The first-order valence-corrected chi connectivity index (χ1v) is 9.28. The molecule has 1 atom stereocenters. The van der Waals surface area contributed by atoms with Crippen LogP contribution in [-0.4, -0.2) is 35.4 Å². The van der Waals surface area contributed by atoms with Gasteiger partial charge in [-0.2, -0.15) is 5.10 Å². The molecule has 1 aliphatic carbocycles. The molecule has 1 heterocycles. The molecule has 2 aromatic rings. The Morgan fingerprint density at radius 2 is 2.08 bits per heavy atom. The summed E-state index contributed by atoms with van der Waals surface area (Å²) in [6.45, 7) is 9.80. The Bertz CT molecular complexity index is 738. The quantitative estimate of drug-likeness (QED) is 0.284. The Morgan fingerprint density at radius 3 is 2.77 bits per heavy atom. The van der Waals surface area contributed by atoms with Crippen LogP contribution in [0.15, 0.2) is 35.3 Å². The van der Waals surface area contributed by atoms with Crippen LogP contribution in [0.4, 0.5) is 0 Å². The molecule has 6 heteroatoms. The van der Waals surface area contributed by atoms with Crippen LogP contribution in [0.3, 0.4) is 0 Å². The number of halogens is 1. The molecule has 0 saturated carbocycles. The highest BCUT2D eigenvalue weighted by Crippen LogP contribution is 2.34.